The van der Waals surface area contributed by atoms with Crippen LogP contribution in [0.3, 0.4) is 0 Å². The van der Waals surface area contributed by atoms with E-state index in [4.69, 9.17) is 4.74 Å². The van der Waals surface area contributed by atoms with Gasteiger partial charge >= 0.3 is 0 Å². The minimum absolute atomic E-state index is 0.0938. The Labute approximate surface area is 212 Å². The lowest BCUT2D eigenvalue weighted by Crippen LogP contribution is -2.47. The van der Waals surface area contributed by atoms with E-state index in [0.717, 1.165) is 87.4 Å². The van der Waals surface area contributed by atoms with Gasteiger partial charge in [-0.25, -0.2) is 13.4 Å². The summed E-state index contributed by atoms with van der Waals surface area (Å²) >= 11 is 1.11. The van der Waals surface area contributed by atoms with E-state index in [9.17, 15) is 13.2 Å². The van der Waals surface area contributed by atoms with Crippen molar-refractivity contribution in [1.82, 2.24) is 9.88 Å². The molecule has 0 amide bonds. The Kier molecular flexibility index (Phi) is 7.46. The third kappa shape index (κ3) is 5.89. The van der Waals surface area contributed by atoms with Gasteiger partial charge in [0, 0.05) is 57.0 Å². The second kappa shape index (κ2) is 10.6. The minimum Gasteiger partial charge on any atom is -0.493 e. The number of sulfone groups is 1. The van der Waals surface area contributed by atoms with Gasteiger partial charge in [0.25, 0.3) is 0 Å². The molecular formula is C26H35N3O4S2. The average Bonchev–Trinajstić information content (AvgIpc) is 3.54. The zero-order valence-electron chi connectivity index (χ0n) is 20.4. The highest BCUT2D eigenvalue weighted by atomic mass is 32.2. The quantitative estimate of drug-likeness (QED) is 0.488. The standard InChI is InChI=1S/C26H35N3O4S2/c1-35(31,32)25-7-6-24(34-25)22(30)18-20-4-2-19(3-5-20)9-12-28-13-15-29(16-14-28)26-21-10-17-33-23(21)8-11-27-26/h6-8,11,19-20H,2-5,9-10,12-18H2,1H3. The summed E-state index contributed by atoms with van der Waals surface area (Å²) in [6.45, 7) is 6.10. The topological polar surface area (TPSA) is 79.8 Å². The highest BCUT2D eigenvalue weighted by Crippen LogP contribution is 2.35. The molecule has 2 fully saturated rings. The summed E-state index contributed by atoms with van der Waals surface area (Å²) in [5, 5.41) is 0. The highest BCUT2D eigenvalue weighted by molar-refractivity contribution is 7.92. The zero-order chi connectivity index (χ0) is 24.4. The van der Waals surface area contributed by atoms with E-state index in [1.54, 1.807) is 12.1 Å². The number of fused-ring (bicyclic) bond motifs is 1. The molecular weight excluding hydrogens is 482 g/mol. The van der Waals surface area contributed by atoms with Crippen molar-refractivity contribution >= 4 is 32.8 Å². The monoisotopic (exact) mass is 517 g/mol. The number of piperazine rings is 1. The summed E-state index contributed by atoms with van der Waals surface area (Å²) in [5.41, 5.74) is 1.27. The van der Waals surface area contributed by atoms with Crippen LogP contribution in [-0.2, 0) is 16.3 Å². The van der Waals surface area contributed by atoms with E-state index in [2.05, 4.69) is 14.8 Å². The number of hydrogen-bond acceptors (Lipinski definition) is 8. The van der Waals surface area contributed by atoms with Gasteiger partial charge in [0.2, 0.25) is 0 Å². The van der Waals surface area contributed by atoms with Crippen molar-refractivity contribution in [3.63, 3.8) is 0 Å². The van der Waals surface area contributed by atoms with Crippen LogP contribution in [0, 0.1) is 11.8 Å². The normalized spacial score (nSPS) is 23.2. The van der Waals surface area contributed by atoms with Crippen molar-refractivity contribution in [2.24, 2.45) is 11.8 Å². The van der Waals surface area contributed by atoms with Crippen LogP contribution in [0.1, 0.15) is 53.8 Å². The number of aromatic nitrogens is 1. The van der Waals surface area contributed by atoms with Gasteiger partial charge in [-0.1, -0.05) is 12.8 Å². The third-order valence-electron chi connectivity index (χ3n) is 7.79. The molecule has 9 heteroatoms. The number of ether oxygens (including phenoxy) is 1. The van der Waals surface area contributed by atoms with Crippen molar-refractivity contribution in [2.45, 2.75) is 49.2 Å². The number of pyridine rings is 1. The fourth-order valence-electron chi connectivity index (χ4n) is 5.67. The van der Waals surface area contributed by atoms with Crippen molar-refractivity contribution in [3.05, 3.63) is 34.8 Å². The lowest BCUT2D eigenvalue weighted by Gasteiger charge is -2.37. The first-order chi connectivity index (χ1) is 16.9. The van der Waals surface area contributed by atoms with Crippen molar-refractivity contribution in [1.29, 1.82) is 0 Å². The van der Waals surface area contributed by atoms with E-state index in [1.807, 2.05) is 12.3 Å². The molecule has 0 atom stereocenters. The second-order valence-corrected chi connectivity index (χ2v) is 13.6. The molecule has 2 aliphatic heterocycles. The molecule has 0 unspecified atom stereocenters. The molecule has 5 rings (SSSR count). The van der Waals surface area contributed by atoms with Gasteiger partial charge in [0.1, 0.15) is 15.8 Å². The molecule has 0 spiro atoms. The van der Waals surface area contributed by atoms with Crippen LogP contribution >= 0.6 is 11.3 Å². The maximum absolute atomic E-state index is 12.7. The predicted molar refractivity (Wildman–Crippen MR) is 139 cm³/mol. The predicted octanol–water partition coefficient (Wildman–Crippen LogP) is 4.07. The summed E-state index contributed by atoms with van der Waals surface area (Å²) in [6.07, 6.45) is 10.4. The largest absolute Gasteiger partial charge is 0.493 e. The Balaban J connectivity index is 1.02. The fraction of sp³-hybridized carbons (Fsp3) is 0.615. The molecule has 0 aromatic carbocycles. The number of thiophene rings is 1. The highest BCUT2D eigenvalue weighted by Gasteiger charge is 2.27. The molecule has 7 nitrogen and oxygen atoms in total. The number of carbonyl (C=O) groups is 1. The lowest BCUT2D eigenvalue weighted by molar-refractivity contribution is 0.0944. The first-order valence-electron chi connectivity index (χ1n) is 12.8. The Hall–Kier alpha value is -1.97. The van der Waals surface area contributed by atoms with Crippen molar-refractivity contribution in [3.8, 4) is 5.75 Å². The summed E-state index contributed by atoms with van der Waals surface area (Å²) < 4.78 is 29.3. The van der Waals surface area contributed by atoms with E-state index < -0.39 is 9.84 Å². The van der Waals surface area contributed by atoms with Crippen LogP contribution in [0.4, 0.5) is 5.82 Å². The fourth-order valence-corrected chi connectivity index (χ4v) is 7.55. The van der Waals surface area contributed by atoms with Crippen molar-refractivity contribution in [2.75, 3.05) is 50.5 Å². The zero-order valence-corrected chi connectivity index (χ0v) is 22.1. The van der Waals surface area contributed by atoms with Crippen LogP contribution in [-0.4, -0.2) is 69.7 Å². The SMILES string of the molecule is CS(=O)(=O)c1ccc(C(=O)CC2CCC(CCN3CCN(c4nccc5c4CCO5)CC3)CC2)s1. The van der Waals surface area contributed by atoms with E-state index in [-0.39, 0.29) is 9.99 Å². The van der Waals surface area contributed by atoms with Crippen LogP contribution in [0.25, 0.3) is 0 Å². The number of carbonyl (C=O) groups excluding carboxylic acids is 1. The summed E-state index contributed by atoms with van der Waals surface area (Å²) in [5.74, 6) is 3.38. The minimum atomic E-state index is -3.24. The van der Waals surface area contributed by atoms with Crippen LogP contribution < -0.4 is 9.64 Å². The number of hydrogen-bond donors (Lipinski definition) is 0. The maximum atomic E-state index is 12.7. The molecule has 1 saturated heterocycles. The van der Waals surface area contributed by atoms with E-state index in [1.165, 1.54) is 31.1 Å². The van der Waals surface area contributed by atoms with Crippen molar-refractivity contribution < 1.29 is 17.9 Å². The first-order valence-corrected chi connectivity index (χ1v) is 15.5. The summed E-state index contributed by atoms with van der Waals surface area (Å²) in [6, 6.07) is 5.20. The van der Waals surface area contributed by atoms with Gasteiger partial charge in [0.05, 0.1) is 11.5 Å². The molecule has 2 aromatic heterocycles. The molecule has 0 radical (unpaired) electrons. The molecule has 190 valence electrons. The van der Waals surface area contributed by atoms with Gasteiger partial charge in [-0.05, 0) is 55.8 Å². The first kappa shape index (κ1) is 24.7. The molecule has 3 aliphatic rings. The Morgan fingerprint density at radius 2 is 1.83 bits per heavy atom. The number of nitrogens with zero attached hydrogens (tertiary/aromatic N) is 3. The third-order valence-corrected chi connectivity index (χ3v) is 10.7. The van der Waals surface area contributed by atoms with Gasteiger partial charge in [0.15, 0.2) is 15.6 Å². The molecule has 0 N–H and O–H groups in total. The van der Waals surface area contributed by atoms with Crippen LogP contribution in [0.15, 0.2) is 28.6 Å². The number of Topliss-reactive ketones (excluding diaryl/α,β-unsaturated/α-hetero) is 1. The van der Waals surface area contributed by atoms with Crippen LogP contribution in [0.5, 0.6) is 5.75 Å². The van der Waals surface area contributed by atoms with Gasteiger partial charge in [-0.2, -0.15) is 0 Å². The molecule has 1 saturated carbocycles. The average molecular weight is 518 g/mol. The van der Waals surface area contributed by atoms with E-state index >= 15 is 0 Å². The maximum Gasteiger partial charge on any atom is 0.184 e. The molecule has 35 heavy (non-hydrogen) atoms. The van der Waals surface area contributed by atoms with Gasteiger partial charge < -0.3 is 9.64 Å². The summed E-state index contributed by atoms with van der Waals surface area (Å²) in [4.78, 5) is 22.9. The van der Waals surface area contributed by atoms with Gasteiger partial charge in [-0.15, -0.1) is 11.3 Å². The van der Waals surface area contributed by atoms with E-state index in [0.29, 0.717) is 17.2 Å². The smallest absolute Gasteiger partial charge is 0.184 e. The Morgan fingerprint density at radius 3 is 2.54 bits per heavy atom. The Bertz CT molecular complexity index is 1150. The summed E-state index contributed by atoms with van der Waals surface area (Å²) in [7, 11) is -3.24. The van der Waals surface area contributed by atoms with Crippen LogP contribution in [0.2, 0.25) is 0 Å². The molecule has 4 heterocycles. The number of ketones is 1. The molecule has 0 bridgehead atoms. The van der Waals surface area contributed by atoms with Gasteiger partial charge in [-0.3, -0.25) is 9.69 Å². The molecule has 1 aliphatic carbocycles. The second-order valence-electron chi connectivity index (χ2n) is 10.2. The molecule has 2 aromatic rings. The number of rotatable bonds is 8. The Morgan fingerprint density at radius 1 is 1.09 bits per heavy atom. The lowest BCUT2D eigenvalue weighted by atomic mass is 9.78. The number of anilines is 1.